The summed E-state index contributed by atoms with van der Waals surface area (Å²) in [7, 11) is 0. The van der Waals surface area contributed by atoms with Crippen molar-refractivity contribution in [3.05, 3.63) is 39.9 Å². The van der Waals surface area contributed by atoms with E-state index < -0.39 is 0 Å². The van der Waals surface area contributed by atoms with E-state index in [1.165, 1.54) is 5.57 Å². The van der Waals surface area contributed by atoms with E-state index in [9.17, 15) is 0 Å². The molecule has 0 aliphatic heterocycles. The van der Waals surface area contributed by atoms with Gasteiger partial charge in [-0.1, -0.05) is 25.3 Å². The second-order valence-electron chi connectivity index (χ2n) is 4.59. The van der Waals surface area contributed by atoms with Gasteiger partial charge in [0.25, 0.3) is 0 Å². The second-order valence-corrected chi connectivity index (χ2v) is 5.44. The van der Waals surface area contributed by atoms with Crippen LogP contribution in [0.4, 0.5) is 0 Å². The highest BCUT2D eigenvalue weighted by Gasteiger charge is 2.35. The van der Waals surface area contributed by atoms with Gasteiger partial charge in [-0.2, -0.15) is 0 Å². The molecular formula is C14H13BrN2. The standard InChI is InChI=1S/C14H13BrN2/c1-5-10(15)6-11-9(2)14(3,4)12-7-16-8-17-13(11)12/h1,6-8H,2-4H3/b10-6+. The lowest BCUT2D eigenvalue weighted by molar-refractivity contribution is 0.633. The fraction of sp³-hybridized carbons (Fsp3) is 0.286. The Balaban J connectivity index is 2.68. The highest BCUT2D eigenvalue weighted by molar-refractivity contribution is 9.12. The van der Waals surface area contributed by atoms with Crippen molar-refractivity contribution < 1.29 is 0 Å². The van der Waals surface area contributed by atoms with Gasteiger partial charge < -0.3 is 0 Å². The first kappa shape index (κ1) is 12.1. The lowest BCUT2D eigenvalue weighted by atomic mass is 9.83. The first-order valence-electron chi connectivity index (χ1n) is 5.34. The van der Waals surface area contributed by atoms with E-state index in [4.69, 9.17) is 6.42 Å². The lowest BCUT2D eigenvalue weighted by Gasteiger charge is -2.20. The number of hydrogen-bond donors (Lipinski definition) is 0. The Morgan fingerprint density at radius 3 is 2.88 bits per heavy atom. The Morgan fingerprint density at radius 1 is 1.53 bits per heavy atom. The minimum absolute atomic E-state index is 0.0374. The molecule has 2 nitrogen and oxygen atoms in total. The van der Waals surface area contributed by atoms with Gasteiger partial charge in [-0.15, -0.1) is 6.42 Å². The first-order valence-corrected chi connectivity index (χ1v) is 6.13. The number of halogens is 1. The number of allylic oxidation sites excluding steroid dienone is 4. The van der Waals surface area contributed by atoms with Crippen LogP contribution < -0.4 is 0 Å². The van der Waals surface area contributed by atoms with Gasteiger partial charge in [-0.25, -0.2) is 9.97 Å². The molecule has 0 radical (unpaired) electrons. The predicted octanol–water partition coefficient (Wildman–Crippen LogP) is 3.45. The maximum absolute atomic E-state index is 5.36. The zero-order valence-electron chi connectivity index (χ0n) is 10.1. The summed E-state index contributed by atoms with van der Waals surface area (Å²) in [6.45, 7) is 6.47. The fourth-order valence-electron chi connectivity index (χ4n) is 2.06. The van der Waals surface area contributed by atoms with Crippen LogP contribution in [0.15, 0.2) is 28.7 Å². The van der Waals surface area contributed by atoms with Crippen LogP contribution in [0.3, 0.4) is 0 Å². The molecular weight excluding hydrogens is 276 g/mol. The van der Waals surface area contributed by atoms with Gasteiger partial charge in [0.05, 0.1) is 10.2 Å². The molecule has 1 aromatic heterocycles. The minimum Gasteiger partial charge on any atom is -0.244 e. The van der Waals surface area contributed by atoms with Gasteiger partial charge in [0, 0.05) is 22.7 Å². The molecule has 17 heavy (non-hydrogen) atoms. The summed E-state index contributed by atoms with van der Waals surface area (Å²) in [5, 5.41) is 0. The van der Waals surface area contributed by atoms with Crippen LogP contribution in [-0.2, 0) is 5.41 Å². The Bertz CT molecular complexity index is 574. The summed E-state index contributed by atoms with van der Waals surface area (Å²) in [5.41, 5.74) is 4.46. The summed E-state index contributed by atoms with van der Waals surface area (Å²) in [6.07, 6.45) is 10.8. The van der Waals surface area contributed by atoms with E-state index in [1.54, 1.807) is 6.33 Å². The smallest absolute Gasteiger partial charge is 0.116 e. The topological polar surface area (TPSA) is 25.8 Å². The fourth-order valence-corrected chi connectivity index (χ4v) is 2.29. The number of fused-ring (bicyclic) bond motifs is 1. The minimum atomic E-state index is -0.0374. The Hall–Kier alpha value is -1.40. The van der Waals surface area contributed by atoms with Gasteiger partial charge in [0.2, 0.25) is 0 Å². The molecule has 1 aromatic rings. The quantitative estimate of drug-likeness (QED) is 0.740. The molecule has 0 fully saturated rings. The highest BCUT2D eigenvalue weighted by atomic mass is 79.9. The average molecular weight is 289 g/mol. The predicted molar refractivity (Wildman–Crippen MR) is 73.5 cm³/mol. The van der Waals surface area contributed by atoms with E-state index in [0.29, 0.717) is 0 Å². The van der Waals surface area contributed by atoms with Gasteiger partial charge in [0.15, 0.2) is 0 Å². The van der Waals surface area contributed by atoms with E-state index >= 15 is 0 Å². The van der Waals surface area contributed by atoms with Crippen molar-refractivity contribution >= 4 is 21.5 Å². The molecule has 0 amide bonds. The summed E-state index contributed by atoms with van der Waals surface area (Å²) < 4.78 is 0.731. The highest BCUT2D eigenvalue weighted by Crippen LogP contribution is 2.45. The molecule has 0 atom stereocenters. The monoisotopic (exact) mass is 288 g/mol. The molecule has 1 aliphatic rings. The Labute approximate surface area is 110 Å². The molecule has 2 rings (SSSR count). The van der Waals surface area contributed by atoms with Crippen molar-refractivity contribution in [1.29, 1.82) is 0 Å². The summed E-state index contributed by atoms with van der Waals surface area (Å²) in [4.78, 5) is 8.48. The molecule has 0 unspecified atom stereocenters. The Morgan fingerprint density at radius 2 is 2.24 bits per heavy atom. The number of hydrogen-bond acceptors (Lipinski definition) is 2. The molecule has 1 heterocycles. The van der Waals surface area contributed by atoms with Gasteiger partial charge in [-0.05, 0) is 28.9 Å². The average Bonchev–Trinajstić information content (AvgIpc) is 2.51. The SMILES string of the molecule is C#C/C(Br)=C\C1=C(C)C(C)(C)c2cncnc21. The Kier molecular flexibility index (Phi) is 2.92. The van der Waals surface area contributed by atoms with Gasteiger partial charge >= 0.3 is 0 Å². The second kappa shape index (κ2) is 4.12. The number of terminal acetylenes is 1. The maximum atomic E-state index is 5.36. The molecule has 0 saturated carbocycles. The van der Waals surface area contributed by atoms with Crippen molar-refractivity contribution in [3.8, 4) is 12.3 Å². The third kappa shape index (κ3) is 1.83. The number of nitrogens with zero attached hydrogens (tertiary/aromatic N) is 2. The zero-order chi connectivity index (χ0) is 12.6. The molecule has 3 heteroatoms. The molecule has 0 bridgehead atoms. The van der Waals surface area contributed by atoms with Crippen molar-refractivity contribution in [1.82, 2.24) is 9.97 Å². The van der Waals surface area contributed by atoms with Crippen molar-refractivity contribution in [3.63, 3.8) is 0 Å². The largest absolute Gasteiger partial charge is 0.244 e. The van der Waals surface area contributed by atoms with Crippen LogP contribution in [0.25, 0.3) is 5.57 Å². The van der Waals surface area contributed by atoms with E-state index in [2.05, 4.69) is 52.6 Å². The molecule has 86 valence electrons. The summed E-state index contributed by atoms with van der Waals surface area (Å²) in [6, 6.07) is 0. The van der Waals surface area contributed by atoms with E-state index in [1.807, 2.05) is 12.3 Å². The van der Waals surface area contributed by atoms with Crippen LogP contribution >= 0.6 is 15.9 Å². The molecule has 0 saturated heterocycles. The van der Waals surface area contributed by atoms with Gasteiger partial charge in [-0.3, -0.25) is 0 Å². The third-order valence-electron chi connectivity index (χ3n) is 3.39. The summed E-state index contributed by atoms with van der Waals surface area (Å²) in [5.74, 6) is 2.57. The molecule has 0 spiro atoms. The maximum Gasteiger partial charge on any atom is 0.116 e. The number of aromatic nitrogens is 2. The normalized spacial score (nSPS) is 17.9. The molecule has 1 aliphatic carbocycles. The van der Waals surface area contributed by atoms with Gasteiger partial charge in [0.1, 0.15) is 6.33 Å². The van der Waals surface area contributed by atoms with Crippen LogP contribution in [0.1, 0.15) is 32.0 Å². The lowest BCUT2D eigenvalue weighted by Crippen LogP contribution is -2.15. The van der Waals surface area contributed by atoms with E-state index in [0.717, 1.165) is 21.3 Å². The molecule has 0 aromatic carbocycles. The van der Waals surface area contributed by atoms with Crippen molar-refractivity contribution in [2.45, 2.75) is 26.2 Å². The van der Waals surface area contributed by atoms with Crippen LogP contribution in [0.2, 0.25) is 0 Å². The summed E-state index contributed by atoms with van der Waals surface area (Å²) >= 11 is 3.35. The van der Waals surface area contributed by atoms with Crippen LogP contribution in [0.5, 0.6) is 0 Å². The van der Waals surface area contributed by atoms with Crippen molar-refractivity contribution in [2.24, 2.45) is 0 Å². The zero-order valence-corrected chi connectivity index (χ0v) is 11.7. The van der Waals surface area contributed by atoms with Crippen molar-refractivity contribution in [2.75, 3.05) is 0 Å². The van der Waals surface area contributed by atoms with E-state index in [-0.39, 0.29) is 5.41 Å². The van der Waals surface area contributed by atoms with Crippen LogP contribution in [0, 0.1) is 12.3 Å². The van der Waals surface area contributed by atoms with Crippen LogP contribution in [-0.4, -0.2) is 9.97 Å². The first-order chi connectivity index (χ1) is 7.98. The number of rotatable bonds is 1. The third-order valence-corrected chi connectivity index (χ3v) is 3.85. The molecule has 0 N–H and O–H groups in total.